The number of para-hydroxylation sites is 1. The fourth-order valence-corrected chi connectivity index (χ4v) is 3.51. The normalized spacial score (nSPS) is 14.7. The smallest absolute Gasteiger partial charge is 0.272 e. The van der Waals surface area contributed by atoms with Crippen LogP contribution in [0.4, 0.5) is 11.5 Å². The second-order valence-corrected chi connectivity index (χ2v) is 7.08. The van der Waals surface area contributed by atoms with E-state index in [1.54, 1.807) is 6.07 Å². The Kier molecular flexibility index (Phi) is 5.28. The van der Waals surface area contributed by atoms with E-state index in [0.717, 1.165) is 37.3 Å². The quantitative estimate of drug-likeness (QED) is 0.750. The van der Waals surface area contributed by atoms with Crippen molar-refractivity contribution in [3.05, 3.63) is 78.0 Å². The molecule has 1 fully saturated rings. The van der Waals surface area contributed by atoms with Crippen molar-refractivity contribution in [1.29, 1.82) is 0 Å². The van der Waals surface area contributed by atoms with Gasteiger partial charge in [0, 0.05) is 36.7 Å². The monoisotopic (exact) mass is 373 g/mol. The predicted molar refractivity (Wildman–Crippen MR) is 109 cm³/mol. The molecule has 3 aromatic rings. The number of carbonyl (C=O) groups excluding carboxylic acids is 1. The number of hydrogen-bond donors (Lipinski definition) is 1. The fraction of sp³-hybridized carbons (Fsp3) is 0.273. The van der Waals surface area contributed by atoms with E-state index in [1.807, 2.05) is 48.4 Å². The van der Waals surface area contributed by atoms with E-state index in [9.17, 15) is 4.79 Å². The van der Waals surface area contributed by atoms with Crippen molar-refractivity contribution < 1.29 is 4.79 Å². The molecule has 1 N–H and O–H groups in total. The molecule has 6 heteroatoms. The lowest BCUT2D eigenvalue weighted by Gasteiger charge is -2.32. The van der Waals surface area contributed by atoms with E-state index in [0.29, 0.717) is 17.4 Å². The molecule has 3 heterocycles. The molecule has 0 aliphatic carbocycles. The zero-order chi connectivity index (χ0) is 19.3. The summed E-state index contributed by atoms with van der Waals surface area (Å²) in [6.07, 6.45) is 5.28. The molecule has 2 aromatic heterocycles. The maximum Gasteiger partial charge on any atom is 0.272 e. The average molecular weight is 373 g/mol. The minimum atomic E-state index is -0.0426. The van der Waals surface area contributed by atoms with Crippen LogP contribution in [0.15, 0.2) is 61.1 Å². The van der Waals surface area contributed by atoms with E-state index >= 15 is 0 Å². The van der Waals surface area contributed by atoms with Crippen LogP contribution in [0.5, 0.6) is 0 Å². The molecule has 0 radical (unpaired) electrons. The Morgan fingerprint density at radius 3 is 2.54 bits per heavy atom. The van der Waals surface area contributed by atoms with Crippen molar-refractivity contribution in [3.63, 3.8) is 0 Å². The Labute approximate surface area is 164 Å². The lowest BCUT2D eigenvalue weighted by atomic mass is 9.90. The van der Waals surface area contributed by atoms with Gasteiger partial charge in [-0.15, -0.1) is 0 Å². The third kappa shape index (κ3) is 4.17. The van der Waals surface area contributed by atoms with Crippen LogP contribution >= 0.6 is 0 Å². The van der Waals surface area contributed by atoms with Gasteiger partial charge in [-0.05, 0) is 49.4 Å². The molecule has 1 aromatic carbocycles. The molecule has 6 nitrogen and oxygen atoms in total. The van der Waals surface area contributed by atoms with Gasteiger partial charge in [-0.1, -0.05) is 24.3 Å². The second kappa shape index (κ2) is 8.17. The molecule has 1 saturated heterocycles. The average Bonchev–Trinajstić information content (AvgIpc) is 2.75. The van der Waals surface area contributed by atoms with E-state index in [4.69, 9.17) is 0 Å². The van der Waals surface area contributed by atoms with Gasteiger partial charge in [0.25, 0.3) is 5.91 Å². The SMILES string of the molecule is Cc1ccc(C2CCN(C(=O)c3cc(Nc4ccccc4)ncn3)CC2)cn1. The number of rotatable bonds is 4. The van der Waals surface area contributed by atoms with Crippen LogP contribution in [-0.4, -0.2) is 38.8 Å². The maximum absolute atomic E-state index is 12.9. The number of piperidine rings is 1. The number of amides is 1. The van der Waals surface area contributed by atoms with Crippen molar-refractivity contribution in [3.8, 4) is 0 Å². The van der Waals surface area contributed by atoms with Crippen molar-refractivity contribution in [1.82, 2.24) is 19.9 Å². The van der Waals surface area contributed by atoms with Gasteiger partial charge < -0.3 is 10.2 Å². The third-order valence-electron chi connectivity index (χ3n) is 5.12. The van der Waals surface area contributed by atoms with Crippen LogP contribution in [0.3, 0.4) is 0 Å². The largest absolute Gasteiger partial charge is 0.340 e. The minimum Gasteiger partial charge on any atom is -0.340 e. The van der Waals surface area contributed by atoms with Crippen molar-refractivity contribution in [2.24, 2.45) is 0 Å². The van der Waals surface area contributed by atoms with E-state index in [1.165, 1.54) is 11.9 Å². The summed E-state index contributed by atoms with van der Waals surface area (Å²) in [4.78, 5) is 27.6. The minimum absolute atomic E-state index is 0.0426. The lowest BCUT2D eigenvalue weighted by molar-refractivity contribution is 0.0707. The summed E-state index contributed by atoms with van der Waals surface area (Å²) in [7, 11) is 0. The van der Waals surface area contributed by atoms with E-state index in [-0.39, 0.29) is 5.91 Å². The molecular weight excluding hydrogens is 350 g/mol. The number of likely N-dealkylation sites (tertiary alicyclic amines) is 1. The standard InChI is InChI=1S/C22H23N5O/c1-16-7-8-18(14-23-16)17-9-11-27(12-10-17)22(28)20-13-21(25-15-24-20)26-19-5-3-2-4-6-19/h2-8,13-15,17H,9-12H2,1H3,(H,24,25,26). The number of aryl methyl sites for hydroxylation is 1. The lowest BCUT2D eigenvalue weighted by Crippen LogP contribution is -2.38. The molecule has 0 unspecified atom stereocenters. The van der Waals surface area contributed by atoms with Crippen LogP contribution < -0.4 is 5.32 Å². The number of benzene rings is 1. The fourth-order valence-electron chi connectivity index (χ4n) is 3.51. The van der Waals surface area contributed by atoms with Crippen molar-refractivity contribution >= 4 is 17.4 Å². The van der Waals surface area contributed by atoms with Gasteiger partial charge in [-0.25, -0.2) is 9.97 Å². The number of hydrogen-bond acceptors (Lipinski definition) is 5. The summed E-state index contributed by atoms with van der Waals surface area (Å²) in [5, 5.41) is 3.21. The highest BCUT2D eigenvalue weighted by molar-refractivity contribution is 5.93. The molecule has 0 bridgehead atoms. The molecule has 142 valence electrons. The van der Waals surface area contributed by atoms with Gasteiger partial charge in [0.15, 0.2) is 0 Å². The van der Waals surface area contributed by atoms with Crippen LogP contribution in [-0.2, 0) is 0 Å². The third-order valence-corrected chi connectivity index (χ3v) is 5.12. The van der Waals surface area contributed by atoms with Gasteiger partial charge in [-0.3, -0.25) is 9.78 Å². The molecule has 28 heavy (non-hydrogen) atoms. The number of nitrogens with zero attached hydrogens (tertiary/aromatic N) is 4. The van der Waals surface area contributed by atoms with Crippen molar-refractivity contribution in [2.75, 3.05) is 18.4 Å². The Hall–Kier alpha value is -3.28. The highest BCUT2D eigenvalue weighted by atomic mass is 16.2. The van der Waals surface area contributed by atoms with E-state index < -0.39 is 0 Å². The zero-order valence-corrected chi connectivity index (χ0v) is 15.9. The summed E-state index contributed by atoms with van der Waals surface area (Å²) >= 11 is 0. The Morgan fingerprint density at radius 2 is 1.82 bits per heavy atom. The number of pyridine rings is 1. The Bertz CT molecular complexity index is 935. The van der Waals surface area contributed by atoms with Crippen LogP contribution in [0.2, 0.25) is 0 Å². The van der Waals surface area contributed by atoms with Gasteiger partial charge in [0.1, 0.15) is 17.8 Å². The van der Waals surface area contributed by atoms with Crippen LogP contribution in [0, 0.1) is 6.92 Å². The molecule has 1 aliphatic rings. The Morgan fingerprint density at radius 1 is 1.04 bits per heavy atom. The number of aromatic nitrogens is 3. The maximum atomic E-state index is 12.9. The summed E-state index contributed by atoms with van der Waals surface area (Å²) in [6.45, 7) is 3.44. The highest BCUT2D eigenvalue weighted by Crippen LogP contribution is 2.28. The molecule has 0 spiro atoms. The first-order valence-electron chi connectivity index (χ1n) is 9.55. The molecule has 4 rings (SSSR count). The first-order valence-corrected chi connectivity index (χ1v) is 9.55. The molecule has 0 atom stereocenters. The molecule has 1 amide bonds. The topological polar surface area (TPSA) is 71.0 Å². The summed E-state index contributed by atoms with van der Waals surface area (Å²) in [6, 6.07) is 15.7. The van der Waals surface area contributed by atoms with Gasteiger partial charge >= 0.3 is 0 Å². The van der Waals surface area contributed by atoms with Crippen LogP contribution in [0.1, 0.15) is 40.5 Å². The first kappa shape index (κ1) is 18.1. The number of nitrogens with one attached hydrogen (secondary N) is 1. The second-order valence-electron chi connectivity index (χ2n) is 7.08. The number of anilines is 2. The summed E-state index contributed by atoms with van der Waals surface area (Å²) < 4.78 is 0. The van der Waals surface area contributed by atoms with Gasteiger partial charge in [0.05, 0.1) is 0 Å². The van der Waals surface area contributed by atoms with Gasteiger partial charge in [0.2, 0.25) is 0 Å². The molecule has 1 aliphatic heterocycles. The summed E-state index contributed by atoms with van der Waals surface area (Å²) in [5.74, 6) is 1.03. The van der Waals surface area contributed by atoms with Crippen LogP contribution in [0.25, 0.3) is 0 Å². The number of carbonyl (C=O) groups is 1. The zero-order valence-electron chi connectivity index (χ0n) is 15.9. The predicted octanol–water partition coefficient (Wildman–Crippen LogP) is 3.94. The highest BCUT2D eigenvalue weighted by Gasteiger charge is 2.25. The van der Waals surface area contributed by atoms with Gasteiger partial charge in [-0.2, -0.15) is 0 Å². The van der Waals surface area contributed by atoms with Crippen molar-refractivity contribution in [2.45, 2.75) is 25.7 Å². The molecule has 0 saturated carbocycles. The Balaban J connectivity index is 1.40. The van der Waals surface area contributed by atoms with E-state index in [2.05, 4.69) is 32.4 Å². The summed E-state index contributed by atoms with van der Waals surface area (Å²) in [5.41, 5.74) is 3.63. The first-order chi connectivity index (χ1) is 13.7. The molecular formula is C22H23N5O.